The molecule has 3 aliphatic rings. The summed E-state index contributed by atoms with van der Waals surface area (Å²) in [4.78, 5) is 5.59. The number of hydrogen-bond donors (Lipinski definition) is 0. The average Bonchev–Trinajstić information content (AvgIpc) is 3.44. The summed E-state index contributed by atoms with van der Waals surface area (Å²) < 4.78 is 0. The third kappa shape index (κ3) is 4.92. The highest BCUT2D eigenvalue weighted by molar-refractivity contribution is 6.30. The number of halogens is 1. The SMILES string of the molecule is C=CCN(CC1CC1)C1(c2ccc(Cl)cc2)CCC(N2CCC(CCC)C2)CC1. The highest BCUT2D eigenvalue weighted by atomic mass is 35.5. The van der Waals surface area contributed by atoms with Crippen LogP contribution in [0, 0.1) is 11.8 Å². The lowest BCUT2D eigenvalue weighted by Crippen LogP contribution is -2.52. The molecule has 1 atom stereocenters. The molecule has 3 heteroatoms. The Hall–Kier alpha value is -0.830. The van der Waals surface area contributed by atoms with Gasteiger partial charge in [-0.15, -0.1) is 6.58 Å². The molecule has 1 aliphatic heterocycles. The van der Waals surface area contributed by atoms with E-state index in [0.717, 1.165) is 29.4 Å². The standard InChI is InChI=1S/C26H39ClN2/c1-3-5-21-14-18-28(19-21)25-12-15-26(16-13-25,23-8-10-24(27)11-9-23)29(17-4-2)20-22-6-7-22/h4,8-11,21-22,25H,2-3,5-7,12-20H2,1H3. The summed E-state index contributed by atoms with van der Waals surface area (Å²) in [5.74, 6) is 1.83. The second-order valence-electron chi connectivity index (χ2n) is 9.84. The van der Waals surface area contributed by atoms with Crippen LogP contribution in [-0.2, 0) is 5.54 Å². The van der Waals surface area contributed by atoms with Crippen molar-refractivity contribution in [3.8, 4) is 0 Å². The minimum absolute atomic E-state index is 0.153. The molecule has 2 aliphatic carbocycles. The molecule has 3 fully saturated rings. The lowest BCUT2D eigenvalue weighted by atomic mass is 9.73. The van der Waals surface area contributed by atoms with E-state index in [1.165, 1.54) is 83.0 Å². The highest BCUT2D eigenvalue weighted by Crippen LogP contribution is 2.46. The maximum absolute atomic E-state index is 6.24. The molecular weight excluding hydrogens is 376 g/mol. The molecule has 1 aromatic carbocycles. The minimum atomic E-state index is 0.153. The minimum Gasteiger partial charge on any atom is -0.300 e. The topological polar surface area (TPSA) is 6.48 Å². The first-order chi connectivity index (χ1) is 14.1. The Morgan fingerprint density at radius 3 is 2.45 bits per heavy atom. The van der Waals surface area contributed by atoms with Gasteiger partial charge in [0.05, 0.1) is 0 Å². The Balaban J connectivity index is 1.51. The molecule has 0 amide bonds. The summed E-state index contributed by atoms with van der Waals surface area (Å²) in [7, 11) is 0. The van der Waals surface area contributed by atoms with Crippen molar-refractivity contribution in [2.75, 3.05) is 26.2 Å². The van der Waals surface area contributed by atoms with Gasteiger partial charge in [-0.05, 0) is 87.4 Å². The van der Waals surface area contributed by atoms with Crippen molar-refractivity contribution in [3.05, 3.63) is 47.5 Å². The molecule has 29 heavy (non-hydrogen) atoms. The van der Waals surface area contributed by atoms with E-state index in [1.807, 2.05) is 0 Å². The lowest BCUT2D eigenvalue weighted by molar-refractivity contribution is 0.0244. The van der Waals surface area contributed by atoms with Gasteiger partial charge in [0, 0.05) is 36.2 Å². The number of hydrogen-bond acceptors (Lipinski definition) is 2. The van der Waals surface area contributed by atoms with E-state index < -0.39 is 0 Å². The fraction of sp³-hybridized carbons (Fsp3) is 0.692. The highest BCUT2D eigenvalue weighted by Gasteiger charge is 2.44. The quantitative estimate of drug-likeness (QED) is 0.425. The van der Waals surface area contributed by atoms with Crippen molar-refractivity contribution in [2.45, 2.75) is 76.3 Å². The fourth-order valence-electron chi connectivity index (χ4n) is 6.02. The van der Waals surface area contributed by atoms with Gasteiger partial charge in [-0.1, -0.05) is 43.2 Å². The van der Waals surface area contributed by atoms with Crippen LogP contribution in [0.15, 0.2) is 36.9 Å². The molecule has 0 aromatic heterocycles. The Morgan fingerprint density at radius 2 is 1.83 bits per heavy atom. The van der Waals surface area contributed by atoms with Gasteiger partial charge >= 0.3 is 0 Å². The maximum Gasteiger partial charge on any atom is 0.0465 e. The average molecular weight is 415 g/mol. The van der Waals surface area contributed by atoms with Gasteiger partial charge in [0.2, 0.25) is 0 Å². The largest absolute Gasteiger partial charge is 0.300 e. The van der Waals surface area contributed by atoms with Gasteiger partial charge in [0.15, 0.2) is 0 Å². The number of likely N-dealkylation sites (tertiary alicyclic amines) is 1. The zero-order chi connectivity index (χ0) is 20.3. The van der Waals surface area contributed by atoms with E-state index in [2.05, 4.69) is 53.6 Å². The predicted octanol–water partition coefficient (Wildman–Crippen LogP) is 6.50. The number of rotatable bonds is 9. The molecule has 4 rings (SSSR count). The van der Waals surface area contributed by atoms with E-state index in [9.17, 15) is 0 Å². The summed E-state index contributed by atoms with van der Waals surface area (Å²) in [6.45, 7) is 11.3. The van der Waals surface area contributed by atoms with Gasteiger partial charge in [-0.3, -0.25) is 4.90 Å². The summed E-state index contributed by atoms with van der Waals surface area (Å²) in [5, 5.41) is 0.842. The molecular formula is C26H39ClN2. The van der Waals surface area contributed by atoms with E-state index in [0.29, 0.717) is 0 Å². The van der Waals surface area contributed by atoms with Crippen LogP contribution in [0.25, 0.3) is 0 Å². The van der Waals surface area contributed by atoms with Crippen LogP contribution in [0.2, 0.25) is 5.02 Å². The molecule has 2 saturated carbocycles. The molecule has 2 nitrogen and oxygen atoms in total. The molecule has 0 bridgehead atoms. The first-order valence-corrected chi connectivity index (χ1v) is 12.4. The van der Waals surface area contributed by atoms with Crippen molar-refractivity contribution in [1.29, 1.82) is 0 Å². The molecule has 0 spiro atoms. The Kier molecular flexibility index (Phi) is 7.04. The molecule has 0 N–H and O–H groups in total. The summed E-state index contributed by atoms with van der Waals surface area (Å²) in [6, 6.07) is 9.54. The molecule has 160 valence electrons. The van der Waals surface area contributed by atoms with E-state index in [-0.39, 0.29) is 5.54 Å². The molecule has 0 radical (unpaired) electrons. The molecule has 1 saturated heterocycles. The normalized spacial score (nSPS) is 30.7. The van der Waals surface area contributed by atoms with Gasteiger partial charge < -0.3 is 4.90 Å². The third-order valence-corrected chi connectivity index (χ3v) is 8.08. The molecule has 1 heterocycles. The van der Waals surface area contributed by atoms with Crippen molar-refractivity contribution < 1.29 is 0 Å². The zero-order valence-electron chi connectivity index (χ0n) is 18.3. The van der Waals surface area contributed by atoms with Crippen LogP contribution < -0.4 is 0 Å². The van der Waals surface area contributed by atoms with Gasteiger partial charge in [-0.25, -0.2) is 0 Å². The van der Waals surface area contributed by atoms with E-state index in [1.54, 1.807) is 0 Å². The summed E-state index contributed by atoms with van der Waals surface area (Å²) in [5.41, 5.74) is 1.62. The summed E-state index contributed by atoms with van der Waals surface area (Å²) in [6.07, 6.45) is 14.2. The fourth-order valence-corrected chi connectivity index (χ4v) is 6.15. The van der Waals surface area contributed by atoms with Crippen LogP contribution in [0.4, 0.5) is 0 Å². The number of nitrogens with zero attached hydrogens (tertiary/aromatic N) is 2. The smallest absolute Gasteiger partial charge is 0.0465 e. The Labute approximate surface area is 183 Å². The molecule has 1 aromatic rings. The monoisotopic (exact) mass is 414 g/mol. The predicted molar refractivity (Wildman–Crippen MR) is 124 cm³/mol. The summed E-state index contributed by atoms with van der Waals surface area (Å²) >= 11 is 6.24. The maximum atomic E-state index is 6.24. The van der Waals surface area contributed by atoms with Crippen molar-refractivity contribution in [2.24, 2.45) is 11.8 Å². The second kappa shape index (κ2) is 9.54. The van der Waals surface area contributed by atoms with Gasteiger partial charge in [0.1, 0.15) is 0 Å². The van der Waals surface area contributed by atoms with Gasteiger partial charge in [0.25, 0.3) is 0 Å². The van der Waals surface area contributed by atoms with E-state index >= 15 is 0 Å². The first kappa shape index (κ1) is 21.4. The van der Waals surface area contributed by atoms with Crippen molar-refractivity contribution in [1.82, 2.24) is 9.80 Å². The van der Waals surface area contributed by atoms with Crippen LogP contribution in [-0.4, -0.2) is 42.0 Å². The Morgan fingerprint density at radius 1 is 1.10 bits per heavy atom. The Bertz CT molecular complexity index is 658. The van der Waals surface area contributed by atoms with Gasteiger partial charge in [-0.2, -0.15) is 0 Å². The second-order valence-corrected chi connectivity index (χ2v) is 10.3. The lowest BCUT2D eigenvalue weighted by Gasteiger charge is -2.50. The zero-order valence-corrected chi connectivity index (χ0v) is 19.0. The van der Waals surface area contributed by atoms with E-state index in [4.69, 9.17) is 11.6 Å². The number of benzene rings is 1. The van der Waals surface area contributed by atoms with Crippen LogP contribution in [0.3, 0.4) is 0 Å². The molecule has 1 unspecified atom stereocenters. The van der Waals surface area contributed by atoms with Crippen LogP contribution in [0.5, 0.6) is 0 Å². The van der Waals surface area contributed by atoms with Crippen molar-refractivity contribution >= 4 is 11.6 Å². The first-order valence-electron chi connectivity index (χ1n) is 12.0. The third-order valence-electron chi connectivity index (χ3n) is 7.82. The van der Waals surface area contributed by atoms with Crippen LogP contribution >= 0.6 is 11.6 Å². The van der Waals surface area contributed by atoms with Crippen LogP contribution in [0.1, 0.15) is 70.3 Å². The van der Waals surface area contributed by atoms with Crippen molar-refractivity contribution in [3.63, 3.8) is 0 Å².